The van der Waals surface area contributed by atoms with E-state index in [1.54, 1.807) is 6.92 Å². The number of nitrogens with zero attached hydrogens (tertiary/aromatic N) is 2. The summed E-state index contributed by atoms with van der Waals surface area (Å²) in [5.41, 5.74) is 1.00. The summed E-state index contributed by atoms with van der Waals surface area (Å²) in [6.45, 7) is 7.36. The van der Waals surface area contributed by atoms with E-state index in [-0.39, 0.29) is 13.2 Å². The molecule has 0 atom stereocenters. The normalized spacial score (nSPS) is 11.9. The van der Waals surface area contributed by atoms with Crippen LogP contribution in [0.15, 0.2) is 6.07 Å². The molecule has 0 bridgehead atoms. The Morgan fingerprint density at radius 2 is 1.88 bits per heavy atom. The summed E-state index contributed by atoms with van der Waals surface area (Å²) >= 11 is 0. The highest BCUT2D eigenvalue weighted by atomic mass is 16.3. The lowest BCUT2D eigenvalue weighted by Gasteiger charge is -2.26. The quantitative estimate of drug-likeness (QED) is 0.716. The largest absolute Gasteiger partial charge is 0.394 e. The highest BCUT2D eigenvalue weighted by Gasteiger charge is 2.23. The van der Waals surface area contributed by atoms with Crippen molar-refractivity contribution in [1.82, 2.24) is 9.97 Å². The molecule has 17 heavy (non-hydrogen) atoms. The fourth-order valence-electron chi connectivity index (χ4n) is 1.34. The maximum Gasteiger partial charge on any atom is 0.223 e. The van der Waals surface area contributed by atoms with E-state index in [2.05, 4.69) is 29.1 Å². The van der Waals surface area contributed by atoms with Crippen molar-refractivity contribution < 1.29 is 10.2 Å². The monoisotopic (exact) mass is 239 g/mol. The van der Waals surface area contributed by atoms with E-state index in [0.29, 0.717) is 11.9 Å². The molecule has 0 amide bonds. The van der Waals surface area contributed by atoms with Crippen molar-refractivity contribution in [2.24, 2.45) is 0 Å². The molecule has 1 rings (SSSR count). The molecule has 3 N–H and O–H groups in total. The van der Waals surface area contributed by atoms with Gasteiger partial charge < -0.3 is 15.5 Å². The van der Waals surface area contributed by atoms with Crippen LogP contribution in [0.3, 0.4) is 0 Å². The number of hydrogen-bond donors (Lipinski definition) is 3. The van der Waals surface area contributed by atoms with Gasteiger partial charge in [-0.3, -0.25) is 0 Å². The molecule has 1 aromatic rings. The smallest absolute Gasteiger partial charge is 0.223 e. The molecule has 0 aliphatic carbocycles. The third kappa shape index (κ3) is 3.64. The van der Waals surface area contributed by atoms with Gasteiger partial charge in [0.25, 0.3) is 0 Å². The maximum atomic E-state index is 9.22. The Kier molecular flexibility index (Phi) is 4.42. The van der Waals surface area contributed by atoms with E-state index in [1.165, 1.54) is 0 Å². The maximum absolute atomic E-state index is 9.22. The van der Waals surface area contributed by atoms with Gasteiger partial charge in [0.2, 0.25) is 5.95 Å². The molecular formula is C12H21N3O2. The predicted octanol–water partition coefficient (Wildman–Crippen LogP) is 1.06. The van der Waals surface area contributed by atoms with Crippen LogP contribution in [0.25, 0.3) is 0 Å². The first-order valence-electron chi connectivity index (χ1n) is 5.75. The van der Waals surface area contributed by atoms with Gasteiger partial charge in [0.15, 0.2) is 0 Å². The van der Waals surface area contributed by atoms with Crippen LogP contribution in [0.2, 0.25) is 0 Å². The summed E-state index contributed by atoms with van der Waals surface area (Å²) in [5.74, 6) is 0.756. The minimum absolute atomic E-state index is 0.183. The van der Waals surface area contributed by atoms with E-state index in [9.17, 15) is 10.2 Å². The van der Waals surface area contributed by atoms with Gasteiger partial charge in [-0.1, -0.05) is 13.8 Å². The number of aryl methyl sites for hydroxylation is 1. The summed E-state index contributed by atoms with van der Waals surface area (Å²) in [6, 6.07) is 1.94. The standard InChI is InChI=1S/C12H21N3O2/c1-8(2)10-5-9(3)13-11(14-10)15-12(4,6-16)7-17/h5,8,16-17H,6-7H2,1-4H3,(H,13,14,15). The summed E-state index contributed by atoms with van der Waals surface area (Å²) in [5, 5.41) is 21.4. The molecule has 5 heteroatoms. The summed E-state index contributed by atoms with van der Waals surface area (Å²) in [7, 11) is 0. The number of anilines is 1. The van der Waals surface area contributed by atoms with Crippen molar-refractivity contribution in [1.29, 1.82) is 0 Å². The average molecular weight is 239 g/mol. The number of aliphatic hydroxyl groups is 2. The lowest BCUT2D eigenvalue weighted by atomic mass is 10.1. The summed E-state index contributed by atoms with van der Waals surface area (Å²) in [4.78, 5) is 8.62. The molecule has 96 valence electrons. The van der Waals surface area contributed by atoms with Crippen molar-refractivity contribution in [2.75, 3.05) is 18.5 Å². The fraction of sp³-hybridized carbons (Fsp3) is 0.667. The van der Waals surface area contributed by atoms with Gasteiger partial charge in [0, 0.05) is 11.4 Å². The second-order valence-corrected chi connectivity index (χ2v) is 4.91. The Labute approximate surface area is 102 Å². The minimum Gasteiger partial charge on any atom is -0.394 e. The lowest BCUT2D eigenvalue weighted by molar-refractivity contribution is 0.147. The van der Waals surface area contributed by atoms with Crippen LogP contribution < -0.4 is 5.32 Å². The first-order valence-corrected chi connectivity index (χ1v) is 5.75. The topological polar surface area (TPSA) is 78.3 Å². The van der Waals surface area contributed by atoms with Gasteiger partial charge in [-0.25, -0.2) is 9.97 Å². The van der Waals surface area contributed by atoms with E-state index >= 15 is 0 Å². The van der Waals surface area contributed by atoms with Crippen molar-refractivity contribution in [3.8, 4) is 0 Å². The highest BCUT2D eigenvalue weighted by molar-refractivity contribution is 5.32. The molecule has 0 unspecified atom stereocenters. The van der Waals surface area contributed by atoms with Crippen molar-refractivity contribution >= 4 is 5.95 Å². The number of rotatable bonds is 5. The molecule has 0 aliphatic rings. The van der Waals surface area contributed by atoms with Gasteiger partial charge in [0.05, 0.1) is 18.8 Å². The zero-order valence-electron chi connectivity index (χ0n) is 10.9. The molecule has 1 heterocycles. The molecule has 0 aliphatic heterocycles. The number of hydrogen-bond acceptors (Lipinski definition) is 5. The molecule has 0 fully saturated rings. The van der Waals surface area contributed by atoms with Crippen molar-refractivity contribution in [3.63, 3.8) is 0 Å². The summed E-state index contributed by atoms with van der Waals surface area (Å²) in [6.07, 6.45) is 0. The Balaban J connectivity index is 2.98. The molecule has 0 radical (unpaired) electrons. The zero-order chi connectivity index (χ0) is 13.1. The van der Waals surface area contributed by atoms with Crippen molar-refractivity contribution in [3.05, 3.63) is 17.5 Å². The zero-order valence-corrected chi connectivity index (χ0v) is 10.9. The predicted molar refractivity (Wildman–Crippen MR) is 67.1 cm³/mol. The third-order valence-electron chi connectivity index (χ3n) is 2.58. The summed E-state index contributed by atoms with van der Waals surface area (Å²) < 4.78 is 0. The van der Waals surface area contributed by atoms with Crippen LogP contribution in [0.1, 0.15) is 38.1 Å². The molecular weight excluding hydrogens is 218 g/mol. The van der Waals surface area contributed by atoms with E-state index in [1.807, 2.05) is 13.0 Å². The average Bonchev–Trinajstić information content (AvgIpc) is 2.28. The van der Waals surface area contributed by atoms with Crippen molar-refractivity contribution in [2.45, 2.75) is 39.2 Å². The minimum atomic E-state index is -0.804. The second-order valence-electron chi connectivity index (χ2n) is 4.91. The van der Waals surface area contributed by atoms with Gasteiger partial charge in [-0.05, 0) is 25.8 Å². The molecule has 0 aromatic carbocycles. The van der Waals surface area contributed by atoms with Crippen LogP contribution >= 0.6 is 0 Å². The fourth-order valence-corrected chi connectivity index (χ4v) is 1.34. The van der Waals surface area contributed by atoms with Crippen LogP contribution in [0, 0.1) is 6.92 Å². The Morgan fingerprint density at radius 1 is 1.29 bits per heavy atom. The van der Waals surface area contributed by atoms with Gasteiger partial charge in [-0.15, -0.1) is 0 Å². The molecule has 0 saturated carbocycles. The molecule has 1 aromatic heterocycles. The first kappa shape index (κ1) is 13.9. The van der Waals surface area contributed by atoms with Gasteiger partial charge in [0.1, 0.15) is 0 Å². The Hall–Kier alpha value is -1.20. The van der Waals surface area contributed by atoms with Crippen LogP contribution in [-0.4, -0.2) is 38.9 Å². The number of nitrogens with one attached hydrogen (secondary N) is 1. The SMILES string of the molecule is Cc1cc(C(C)C)nc(NC(C)(CO)CO)n1. The Morgan fingerprint density at radius 3 is 2.35 bits per heavy atom. The number of aromatic nitrogens is 2. The van der Waals surface area contributed by atoms with E-state index < -0.39 is 5.54 Å². The van der Waals surface area contributed by atoms with E-state index in [4.69, 9.17) is 0 Å². The number of aliphatic hydroxyl groups excluding tert-OH is 2. The third-order valence-corrected chi connectivity index (χ3v) is 2.58. The first-order chi connectivity index (χ1) is 7.90. The second kappa shape index (κ2) is 5.42. The van der Waals surface area contributed by atoms with Gasteiger partial charge >= 0.3 is 0 Å². The highest BCUT2D eigenvalue weighted by Crippen LogP contribution is 2.17. The molecule has 0 saturated heterocycles. The van der Waals surface area contributed by atoms with Gasteiger partial charge in [-0.2, -0.15) is 0 Å². The van der Waals surface area contributed by atoms with Crippen LogP contribution in [0.5, 0.6) is 0 Å². The molecule has 5 nitrogen and oxygen atoms in total. The van der Waals surface area contributed by atoms with E-state index in [0.717, 1.165) is 11.4 Å². The Bertz CT molecular complexity index is 376. The van der Waals surface area contributed by atoms with Crippen LogP contribution in [0.4, 0.5) is 5.95 Å². The van der Waals surface area contributed by atoms with Crippen LogP contribution in [-0.2, 0) is 0 Å². The lowest BCUT2D eigenvalue weighted by Crippen LogP contribution is -2.43. The molecule has 0 spiro atoms.